The summed E-state index contributed by atoms with van der Waals surface area (Å²) in [6.45, 7) is 10.3. The third-order valence-electron chi connectivity index (χ3n) is 4.66. The van der Waals surface area contributed by atoms with Crippen LogP contribution in [-0.4, -0.2) is 111 Å². The Kier molecular flexibility index (Phi) is 17.6. The van der Waals surface area contributed by atoms with E-state index in [9.17, 15) is 19.8 Å². The average Bonchev–Trinajstić information content (AvgIpc) is 2.61. The van der Waals surface area contributed by atoms with Crippen molar-refractivity contribution in [1.82, 2.24) is 10.6 Å². The smallest absolute Gasteiger partial charge is 0.243 e. The van der Waals surface area contributed by atoms with Gasteiger partial charge in [0.1, 0.15) is 25.3 Å². The molecule has 0 saturated carbocycles. The van der Waals surface area contributed by atoms with Crippen LogP contribution in [0.15, 0.2) is 25.3 Å². The monoisotopic (exact) mass is 432 g/mol. The second kappa shape index (κ2) is 16.0. The van der Waals surface area contributed by atoms with E-state index in [1.54, 1.807) is 0 Å². The van der Waals surface area contributed by atoms with Crippen LogP contribution in [-0.2, 0) is 9.59 Å². The Bertz CT molecular complexity index is 475. The van der Waals surface area contributed by atoms with Crippen LogP contribution in [0.25, 0.3) is 0 Å². The topological polar surface area (TPSA) is 98.7 Å². The minimum absolute atomic E-state index is 0. The molecule has 0 fully saturated rings. The van der Waals surface area contributed by atoms with E-state index >= 15 is 0 Å². The van der Waals surface area contributed by atoms with E-state index in [0.29, 0.717) is 35.1 Å². The fraction of sp³-hybridized carbons (Fsp3) is 0.727. The molecule has 178 valence electrons. The Balaban J connectivity index is -0.00000364. The van der Waals surface area contributed by atoms with E-state index in [2.05, 4.69) is 23.8 Å². The van der Waals surface area contributed by atoms with Crippen molar-refractivity contribution in [3.8, 4) is 0 Å². The van der Waals surface area contributed by atoms with Gasteiger partial charge in [-0.05, 0) is 12.2 Å². The van der Waals surface area contributed by atoms with E-state index in [0.717, 1.165) is 25.9 Å². The highest BCUT2D eigenvalue weighted by Crippen LogP contribution is 2.09. The minimum atomic E-state index is -0.837. The maximum Gasteiger partial charge on any atom is 0.243 e. The summed E-state index contributed by atoms with van der Waals surface area (Å²) in [6, 6.07) is 0. The largest absolute Gasteiger partial charge is 0.384 e. The summed E-state index contributed by atoms with van der Waals surface area (Å²) in [5, 5.41) is 26.4. The molecule has 0 spiro atoms. The van der Waals surface area contributed by atoms with E-state index < -0.39 is 12.2 Å². The standard InChI is InChI=1S/C20H38N4O4.2CH4/c1-7-19(27)21-11-9-13-23(3,4)15-17(25)18(26)16-24(5,6)14-10-12-22-20(28)8-2;;/h7-8,17-18,25-26H,1-2,9-16H2,3-6H3;2*1H4/p+2. The van der Waals surface area contributed by atoms with Crippen molar-refractivity contribution >= 4 is 11.8 Å². The van der Waals surface area contributed by atoms with Gasteiger partial charge in [0.15, 0.2) is 0 Å². The molecule has 0 aliphatic carbocycles. The van der Waals surface area contributed by atoms with Gasteiger partial charge in [-0.1, -0.05) is 28.0 Å². The molecule has 0 saturated heterocycles. The number of quaternary nitrogens is 2. The number of amides is 2. The van der Waals surface area contributed by atoms with E-state index in [4.69, 9.17) is 0 Å². The molecule has 0 bridgehead atoms. The summed E-state index contributed by atoms with van der Waals surface area (Å²) in [7, 11) is 7.97. The average molecular weight is 433 g/mol. The first-order chi connectivity index (χ1) is 12.9. The SMILES string of the molecule is C.C.C=CC(=O)NCCC[N+](C)(C)CC(O)C(O)C[N+](C)(C)CCCNC(=O)C=C. The van der Waals surface area contributed by atoms with Crippen LogP contribution < -0.4 is 10.6 Å². The predicted octanol–water partition coefficient (Wildman–Crippen LogP) is 0.518. The van der Waals surface area contributed by atoms with Crippen molar-refractivity contribution in [2.45, 2.75) is 39.9 Å². The Morgan fingerprint density at radius 1 is 0.800 bits per heavy atom. The lowest BCUT2D eigenvalue weighted by Gasteiger charge is -2.36. The van der Waals surface area contributed by atoms with Crippen molar-refractivity contribution in [3.05, 3.63) is 25.3 Å². The molecule has 0 aromatic carbocycles. The van der Waals surface area contributed by atoms with Gasteiger partial charge in [-0.3, -0.25) is 9.59 Å². The van der Waals surface area contributed by atoms with Gasteiger partial charge in [-0.15, -0.1) is 0 Å². The molecule has 0 aliphatic heterocycles. The lowest BCUT2D eigenvalue weighted by molar-refractivity contribution is -0.902. The van der Waals surface area contributed by atoms with E-state index in [1.165, 1.54) is 12.2 Å². The predicted molar refractivity (Wildman–Crippen MR) is 125 cm³/mol. The second-order valence-corrected chi connectivity index (χ2v) is 8.52. The fourth-order valence-electron chi connectivity index (χ4n) is 3.02. The third kappa shape index (κ3) is 16.1. The van der Waals surface area contributed by atoms with Gasteiger partial charge >= 0.3 is 0 Å². The van der Waals surface area contributed by atoms with Crippen molar-refractivity contribution < 1.29 is 28.8 Å². The molecule has 4 N–H and O–H groups in total. The Labute approximate surface area is 184 Å². The number of hydrogen-bond donors (Lipinski definition) is 4. The number of rotatable bonds is 15. The number of likely N-dealkylation sites (N-methyl/N-ethyl adjacent to an activating group) is 2. The number of aliphatic hydroxyl groups excluding tert-OH is 2. The van der Waals surface area contributed by atoms with Gasteiger partial charge in [0, 0.05) is 25.9 Å². The molecule has 0 heterocycles. The second-order valence-electron chi connectivity index (χ2n) is 8.52. The highest BCUT2D eigenvalue weighted by atomic mass is 16.3. The summed E-state index contributed by atoms with van der Waals surface area (Å²) < 4.78 is 1.09. The molecule has 0 radical (unpaired) electrons. The molecule has 0 rings (SSSR count). The summed E-state index contributed by atoms with van der Waals surface area (Å²) in [5.41, 5.74) is 0. The fourth-order valence-corrected chi connectivity index (χ4v) is 3.02. The molecule has 2 unspecified atom stereocenters. The van der Waals surface area contributed by atoms with Gasteiger partial charge in [-0.25, -0.2) is 0 Å². The van der Waals surface area contributed by atoms with E-state index in [1.807, 2.05) is 28.2 Å². The summed E-state index contributed by atoms with van der Waals surface area (Å²) in [5.74, 6) is -0.380. The number of aliphatic hydroxyl groups is 2. The zero-order valence-electron chi connectivity index (χ0n) is 18.0. The Hall–Kier alpha value is -1.74. The van der Waals surface area contributed by atoms with Crippen molar-refractivity contribution in [2.24, 2.45) is 0 Å². The van der Waals surface area contributed by atoms with Crippen LogP contribution in [0.3, 0.4) is 0 Å². The summed E-state index contributed by atoms with van der Waals surface area (Å²) in [6.07, 6.45) is 2.35. The van der Waals surface area contributed by atoms with Gasteiger partial charge < -0.3 is 29.8 Å². The molecule has 8 heteroatoms. The number of nitrogens with zero attached hydrogens (tertiary/aromatic N) is 2. The van der Waals surface area contributed by atoms with Crippen molar-refractivity contribution in [1.29, 1.82) is 0 Å². The molecular weight excluding hydrogens is 384 g/mol. The van der Waals surface area contributed by atoms with Crippen LogP contribution in [0.4, 0.5) is 0 Å². The number of nitrogens with one attached hydrogen (secondary N) is 2. The molecule has 0 aliphatic rings. The van der Waals surface area contributed by atoms with Crippen LogP contribution in [0.1, 0.15) is 27.7 Å². The van der Waals surface area contributed by atoms with Crippen LogP contribution in [0.2, 0.25) is 0 Å². The molecule has 30 heavy (non-hydrogen) atoms. The van der Waals surface area contributed by atoms with Crippen LogP contribution in [0.5, 0.6) is 0 Å². The first kappa shape index (κ1) is 32.9. The zero-order chi connectivity index (χ0) is 21.8. The van der Waals surface area contributed by atoms with Crippen molar-refractivity contribution in [3.63, 3.8) is 0 Å². The van der Waals surface area contributed by atoms with Gasteiger partial charge in [0.05, 0.1) is 41.3 Å². The quantitative estimate of drug-likeness (QED) is 0.172. The zero-order valence-corrected chi connectivity index (χ0v) is 18.0. The molecule has 2 amide bonds. The maximum absolute atomic E-state index is 11.1. The molecule has 8 nitrogen and oxygen atoms in total. The highest BCUT2D eigenvalue weighted by molar-refractivity contribution is 5.87. The first-order valence-electron chi connectivity index (χ1n) is 9.73. The Morgan fingerprint density at radius 3 is 1.37 bits per heavy atom. The Morgan fingerprint density at radius 2 is 1.10 bits per heavy atom. The minimum Gasteiger partial charge on any atom is -0.384 e. The molecular formula is C22H48N4O4+2. The van der Waals surface area contributed by atoms with Crippen molar-refractivity contribution in [2.75, 3.05) is 67.5 Å². The highest BCUT2D eigenvalue weighted by Gasteiger charge is 2.30. The summed E-state index contributed by atoms with van der Waals surface area (Å²) in [4.78, 5) is 22.3. The molecule has 0 aromatic rings. The molecule has 0 aromatic heterocycles. The third-order valence-corrected chi connectivity index (χ3v) is 4.66. The lowest BCUT2D eigenvalue weighted by Crippen LogP contribution is -2.55. The normalized spacial score (nSPS) is 13.1. The van der Waals surface area contributed by atoms with Crippen LogP contribution >= 0.6 is 0 Å². The first-order valence-corrected chi connectivity index (χ1v) is 9.73. The van der Waals surface area contributed by atoms with Gasteiger partial charge in [0.25, 0.3) is 0 Å². The molecule has 2 atom stereocenters. The van der Waals surface area contributed by atoms with Gasteiger partial charge in [0.2, 0.25) is 11.8 Å². The number of carbonyl (C=O) groups is 2. The lowest BCUT2D eigenvalue weighted by atomic mass is 10.1. The number of hydrogen-bond acceptors (Lipinski definition) is 4. The van der Waals surface area contributed by atoms with Crippen LogP contribution in [0, 0.1) is 0 Å². The van der Waals surface area contributed by atoms with Gasteiger partial charge in [-0.2, -0.15) is 0 Å². The number of carbonyl (C=O) groups excluding carboxylic acids is 2. The summed E-state index contributed by atoms with van der Waals surface area (Å²) >= 11 is 0. The maximum atomic E-state index is 11.1. The van der Waals surface area contributed by atoms with E-state index in [-0.39, 0.29) is 26.7 Å².